The summed E-state index contributed by atoms with van der Waals surface area (Å²) in [6, 6.07) is 0.673. The summed E-state index contributed by atoms with van der Waals surface area (Å²) < 4.78 is 0. The highest BCUT2D eigenvalue weighted by Crippen LogP contribution is 2.17. The van der Waals surface area contributed by atoms with Crippen molar-refractivity contribution in [2.75, 3.05) is 46.8 Å². The summed E-state index contributed by atoms with van der Waals surface area (Å²) >= 11 is 0. The van der Waals surface area contributed by atoms with Gasteiger partial charge in [0.2, 0.25) is 5.91 Å². The Kier molecular flexibility index (Phi) is 7.48. The first-order chi connectivity index (χ1) is 9.53. The number of nitrogens with two attached hydrogens (primary N) is 1. The maximum atomic E-state index is 12.3. The van der Waals surface area contributed by atoms with E-state index in [4.69, 9.17) is 5.73 Å². The molecule has 0 radical (unpaired) electrons. The van der Waals surface area contributed by atoms with Gasteiger partial charge in [0.25, 0.3) is 0 Å². The highest BCUT2D eigenvalue weighted by Gasteiger charge is 2.27. The number of carbonyl (C=O) groups is 1. The molecule has 5 heteroatoms. The minimum Gasteiger partial charge on any atom is -0.343 e. The van der Waals surface area contributed by atoms with Crippen molar-refractivity contribution in [1.29, 1.82) is 0 Å². The average molecular weight is 284 g/mol. The van der Waals surface area contributed by atoms with Crippen LogP contribution in [0.5, 0.6) is 0 Å². The zero-order valence-corrected chi connectivity index (χ0v) is 13.6. The standard InChI is InChI=1S/C15H32N4O/c1-5-19(6-2)15(20)10-14(11-16)18(4)13-8-7-9-17(3)12-13/h13-14H,5-12,16H2,1-4H3. The van der Waals surface area contributed by atoms with Gasteiger partial charge < -0.3 is 15.5 Å². The predicted octanol–water partition coefficient (Wildman–Crippen LogP) is 0.598. The van der Waals surface area contributed by atoms with Gasteiger partial charge in [-0.25, -0.2) is 0 Å². The smallest absolute Gasteiger partial charge is 0.224 e. The van der Waals surface area contributed by atoms with Crippen molar-refractivity contribution in [2.45, 2.75) is 45.2 Å². The molecule has 2 N–H and O–H groups in total. The highest BCUT2D eigenvalue weighted by atomic mass is 16.2. The first-order valence-corrected chi connectivity index (χ1v) is 7.91. The van der Waals surface area contributed by atoms with Crippen LogP contribution in [-0.2, 0) is 4.79 Å². The zero-order chi connectivity index (χ0) is 15.1. The van der Waals surface area contributed by atoms with Gasteiger partial charge in [-0.3, -0.25) is 9.69 Å². The van der Waals surface area contributed by atoms with Crippen LogP contribution in [0.3, 0.4) is 0 Å². The molecule has 1 amide bonds. The lowest BCUT2D eigenvalue weighted by molar-refractivity contribution is -0.132. The van der Waals surface area contributed by atoms with Crippen LogP contribution in [0.2, 0.25) is 0 Å². The minimum atomic E-state index is 0.152. The topological polar surface area (TPSA) is 52.8 Å². The Balaban J connectivity index is 2.58. The second kappa shape index (κ2) is 8.60. The third-order valence-electron chi connectivity index (χ3n) is 4.55. The fourth-order valence-corrected chi connectivity index (χ4v) is 3.07. The van der Waals surface area contributed by atoms with Gasteiger partial charge in [0.1, 0.15) is 0 Å². The Hall–Kier alpha value is -0.650. The molecule has 1 saturated heterocycles. The Morgan fingerprint density at radius 2 is 2.05 bits per heavy atom. The summed E-state index contributed by atoms with van der Waals surface area (Å²) in [4.78, 5) is 18.8. The summed E-state index contributed by atoms with van der Waals surface area (Å²) in [7, 11) is 4.29. The molecule has 0 aromatic rings. The Morgan fingerprint density at radius 1 is 1.40 bits per heavy atom. The lowest BCUT2D eigenvalue weighted by Crippen LogP contribution is -2.52. The molecule has 1 aliphatic heterocycles. The lowest BCUT2D eigenvalue weighted by atomic mass is 10.0. The van der Waals surface area contributed by atoms with E-state index in [9.17, 15) is 4.79 Å². The van der Waals surface area contributed by atoms with E-state index in [1.807, 2.05) is 18.7 Å². The van der Waals surface area contributed by atoms with E-state index in [1.54, 1.807) is 0 Å². The molecule has 1 heterocycles. The molecule has 118 valence electrons. The summed E-state index contributed by atoms with van der Waals surface area (Å²) in [5.41, 5.74) is 5.92. The zero-order valence-electron chi connectivity index (χ0n) is 13.6. The molecule has 0 spiro atoms. The summed E-state index contributed by atoms with van der Waals surface area (Å²) in [5, 5.41) is 0. The first kappa shape index (κ1) is 17.4. The van der Waals surface area contributed by atoms with Gasteiger partial charge in [-0.15, -0.1) is 0 Å². The third kappa shape index (κ3) is 4.72. The van der Waals surface area contributed by atoms with E-state index in [-0.39, 0.29) is 11.9 Å². The van der Waals surface area contributed by atoms with Crippen LogP contribution in [0.1, 0.15) is 33.1 Å². The van der Waals surface area contributed by atoms with Crippen molar-refractivity contribution < 1.29 is 4.79 Å². The quantitative estimate of drug-likeness (QED) is 0.744. The van der Waals surface area contributed by atoms with Crippen LogP contribution in [0.25, 0.3) is 0 Å². The molecule has 0 bridgehead atoms. The van der Waals surface area contributed by atoms with Crippen molar-refractivity contribution in [3.63, 3.8) is 0 Å². The predicted molar refractivity (Wildman–Crippen MR) is 83.7 cm³/mol. The molecule has 1 fully saturated rings. The van der Waals surface area contributed by atoms with Crippen LogP contribution in [-0.4, -0.2) is 79.5 Å². The molecule has 1 aliphatic rings. The Bertz CT molecular complexity index is 294. The number of hydrogen-bond donors (Lipinski definition) is 1. The van der Waals surface area contributed by atoms with E-state index in [0.717, 1.165) is 19.6 Å². The third-order valence-corrected chi connectivity index (χ3v) is 4.55. The normalized spacial score (nSPS) is 22.0. The van der Waals surface area contributed by atoms with Crippen LogP contribution in [0, 0.1) is 0 Å². The largest absolute Gasteiger partial charge is 0.343 e. The number of likely N-dealkylation sites (N-methyl/N-ethyl adjacent to an activating group) is 2. The fourth-order valence-electron chi connectivity index (χ4n) is 3.07. The molecule has 20 heavy (non-hydrogen) atoms. The maximum Gasteiger partial charge on any atom is 0.224 e. The van der Waals surface area contributed by atoms with Crippen molar-refractivity contribution >= 4 is 5.91 Å². The minimum absolute atomic E-state index is 0.152. The van der Waals surface area contributed by atoms with E-state index >= 15 is 0 Å². The molecular weight excluding hydrogens is 252 g/mol. The molecule has 0 saturated carbocycles. The van der Waals surface area contributed by atoms with E-state index in [0.29, 0.717) is 19.0 Å². The average Bonchev–Trinajstić information content (AvgIpc) is 2.45. The molecule has 0 aromatic carbocycles. The first-order valence-electron chi connectivity index (χ1n) is 7.91. The van der Waals surface area contributed by atoms with Gasteiger partial charge in [0.05, 0.1) is 0 Å². The van der Waals surface area contributed by atoms with Crippen LogP contribution in [0.15, 0.2) is 0 Å². The molecular formula is C15H32N4O. The fraction of sp³-hybridized carbons (Fsp3) is 0.933. The monoisotopic (exact) mass is 284 g/mol. The second-order valence-electron chi connectivity index (χ2n) is 5.88. The number of amides is 1. The van der Waals surface area contributed by atoms with Gasteiger partial charge in [0.15, 0.2) is 0 Å². The Labute approximate surface area is 124 Å². The second-order valence-corrected chi connectivity index (χ2v) is 5.88. The molecule has 2 unspecified atom stereocenters. The Morgan fingerprint density at radius 3 is 2.55 bits per heavy atom. The van der Waals surface area contributed by atoms with Gasteiger partial charge in [-0.05, 0) is 47.3 Å². The molecule has 1 rings (SSSR count). The van der Waals surface area contributed by atoms with Gasteiger partial charge in [0, 0.05) is 44.7 Å². The van der Waals surface area contributed by atoms with Gasteiger partial charge in [-0.2, -0.15) is 0 Å². The van der Waals surface area contributed by atoms with E-state index in [2.05, 4.69) is 23.9 Å². The number of carbonyl (C=O) groups excluding carboxylic acids is 1. The van der Waals surface area contributed by atoms with Crippen molar-refractivity contribution in [3.8, 4) is 0 Å². The molecule has 2 atom stereocenters. The maximum absolute atomic E-state index is 12.3. The van der Waals surface area contributed by atoms with Crippen LogP contribution >= 0.6 is 0 Å². The molecule has 0 aromatic heterocycles. The van der Waals surface area contributed by atoms with Crippen molar-refractivity contribution in [3.05, 3.63) is 0 Å². The number of hydrogen-bond acceptors (Lipinski definition) is 4. The lowest BCUT2D eigenvalue weighted by Gasteiger charge is -2.40. The summed E-state index contributed by atoms with van der Waals surface area (Å²) in [6.45, 7) is 8.41. The van der Waals surface area contributed by atoms with Crippen molar-refractivity contribution in [1.82, 2.24) is 14.7 Å². The van der Waals surface area contributed by atoms with Crippen LogP contribution in [0.4, 0.5) is 0 Å². The summed E-state index contributed by atoms with van der Waals surface area (Å²) in [6.07, 6.45) is 2.97. The number of likely N-dealkylation sites (tertiary alicyclic amines) is 1. The molecule has 5 nitrogen and oxygen atoms in total. The summed E-state index contributed by atoms with van der Waals surface area (Å²) in [5.74, 6) is 0.224. The van der Waals surface area contributed by atoms with Crippen LogP contribution < -0.4 is 5.73 Å². The number of piperidine rings is 1. The van der Waals surface area contributed by atoms with Gasteiger partial charge >= 0.3 is 0 Å². The van der Waals surface area contributed by atoms with E-state index in [1.165, 1.54) is 19.4 Å². The number of nitrogens with zero attached hydrogens (tertiary/aromatic N) is 3. The SMILES string of the molecule is CCN(CC)C(=O)CC(CN)N(C)C1CCCN(C)C1. The van der Waals surface area contributed by atoms with Gasteiger partial charge in [-0.1, -0.05) is 0 Å². The highest BCUT2D eigenvalue weighted by molar-refractivity contribution is 5.76. The van der Waals surface area contributed by atoms with Crippen molar-refractivity contribution in [2.24, 2.45) is 5.73 Å². The molecule has 0 aliphatic carbocycles. The van der Waals surface area contributed by atoms with E-state index < -0.39 is 0 Å². The number of rotatable bonds is 7.